The number of carbonyl (C=O) groups is 1. The molecule has 1 amide bonds. The Bertz CT molecular complexity index is 636. The number of amides is 1. The van der Waals surface area contributed by atoms with Crippen molar-refractivity contribution < 1.29 is 4.79 Å². The average Bonchev–Trinajstić information content (AvgIpc) is 2.83. The first kappa shape index (κ1) is 14.2. The third-order valence-corrected chi connectivity index (χ3v) is 4.79. The van der Waals surface area contributed by atoms with Crippen LogP contribution in [0.4, 0.5) is 0 Å². The molecule has 1 aliphatic heterocycles. The molecule has 1 aromatic heterocycles. The molecule has 1 aliphatic rings. The Morgan fingerprint density at radius 3 is 2.71 bits per heavy atom. The minimum atomic E-state index is 0.303. The molecule has 0 aliphatic carbocycles. The second-order valence-electron chi connectivity index (χ2n) is 6.16. The van der Waals surface area contributed by atoms with Crippen molar-refractivity contribution in [3.05, 3.63) is 35.5 Å². The number of likely N-dealkylation sites (tertiary alicyclic amines) is 1. The van der Waals surface area contributed by atoms with Gasteiger partial charge in [0, 0.05) is 36.1 Å². The molecule has 1 fully saturated rings. The Hall–Kier alpha value is -1.77. The number of fused-ring (bicyclic) bond motifs is 1. The first-order valence-corrected chi connectivity index (χ1v) is 8.03. The molecule has 112 valence electrons. The molecule has 21 heavy (non-hydrogen) atoms. The largest absolute Gasteiger partial charge is 0.358 e. The molecule has 0 saturated carbocycles. The smallest absolute Gasteiger partial charge is 0.222 e. The molecule has 0 bridgehead atoms. The van der Waals surface area contributed by atoms with Gasteiger partial charge in [-0.25, -0.2) is 0 Å². The van der Waals surface area contributed by atoms with Crippen molar-refractivity contribution in [2.24, 2.45) is 5.92 Å². The summed E-state index contributed by atoms with van der Waals surface area (Å²) in [4.78, 5) is 17.3. The van der Waals surface area contributed by atoms with E-state index in [1.54, 1.807) is 0 Å². The van der Waals surface area contributed by atoms with Crippen molar-refractivity contribution in [1.29, 1.82) is 0 Å². The number of aryl methyl sites for hydroxylation is 1. The SMILES string of the molecule is CCC(=O)N1CCC(Cc2c(C)[nH]c3ccccc23)CC1. The first-order chi connectivity index (χ1) is 10.2. The summed E-state index contributed by atoms with van der Waals surface area (Å²) in [6.45, 7) is 5.98. The lowest BCUT2D eigenvalue weighted by molar-refractivity contribution is -0.132. The number of carbonyl (C=O) groups excluding carboxylic acids is 1. The van der Waals surface area contributed by atoms with E-state index in [1.165, 1.54) is 22.2 Å². The van der Waals surface area contributed by atoms with Crippen molar-refractivity contribution >= 4 is 16.8 Å². The third kappa shape index (κ3) is 2.82. The van der Waals surface area contributed by atoms with Gasteiger partial charge in [-0.05, 0) is 43.7 Å². The zero-order valence-corrected chi connectivity index (χ0v) is 13.0. The molecule has 3 heteroatoms. The highest BCUT2D eigenvalue weighted by Gasteiger charge is 2.23. The fraction of sp³-hybridized carbons (Fsp3) is 0.500. The van der Waals surface area contributed by atoms with Gasteiger partial charge in [0.2, 0.25) is 5.91 Å². The molecule has 0 unspecified atom stereocenters. The number of nitrogens with one attached hydrogen (secondary N) is 1. The second kappa shape index (κ2) is 5.92. The molecule has 1 saturated heterocycles. The average molecular weight is 284 g/mol. The van der Waals surface area contributed by atoms with Crippen LogP contribution in [0.5, 0.6) is 0 Å². The first-order valence-electron chi connectivity index (χ1n) is 8.03. The van der Waals surface area contributed by atoms with Gasteiger partial charge >= 0.3 is 0 Å². The molecule has 3 nitrogen and oxygen atoms in total. The Kier molecular flexibility index (Phi) is 4.00. The second-order valence-corrected chi connectivity index (χ2v) is 6.16. The maximum atomic E-state index is 11.7. The van der Waals surface area contributed by atoms with Gasteiger partial charge in [-0.3, -0.25) is 4.79 Å². The maximum absolute atomic E-state index is 11.7. The van der Waals surface area contributed by atoms with Crippen LogP contribution in [-0.4, -0.2) is 28.9 Å². The molecule has 1 aromatic carbocycles. The van der Waals surface area contributed by atoms with Crippen LogP contribution in [0.2, 0.25) is 0 Å². The Morgan fingerprint density at radius 2 is 2.00 bits per heavy atom. The summed E-state index contributed by atoms with van der Waals surface area (Å²) in [5, 5.41) is 1.36. The van der Waals surface area contributed by atoms with Gasteiger partial charge < -0.3 is 9.88 Å². The highest BCUT2D eigenvalue weighted by molar-refractivity contribution is 5.84. The van der Waals surface area contributed by atoms with Crippen LogP contribution in [0, 0.1) is 12.8 Å². The van der Waals surface area contributed by atoms with Crippen molar-refractivity contribution in [3.63, 3.8) is 0 Å². The fourth-order valence-electron chi connectivity index (χ4n) is 3.50. The summed E-state index contributed by atoms with van der Waals surface area (Å²) in [5.41, 5.74) is 4.00. The van der Waals surface area contributed by atoms with Crippen molar-refractivity contribution in [1.82, 2.24) is 9.88 Å². The van der Waals surface area contributed by atoms with Crippen LogP contribution in [0.25, 0.3) is 10.9 Å². The summed E-state index contributed by atoms with van der Waals surface area (Å²) in [7, 11) is 0. The highest BCUT2D eigenvalue weighted by Crippen LogP contribution is 2.28. The summed E-state index contributed by atoms with van der Waals surface area (Å²) in [6.07, 6.45) is 4.02. The molecule has 0 radical (unpaired) electrons. The maximum Gasteiger partial charge on any atom is 0.222 e. The van der Waals surface area contributed by atoms with E-state index in [4.69, 9.17) is 0 Å². The van der Waals surface area contributed by atoms with E-state index in [2.05, 4.69) is 36.2 Å². The monoisotopic (exact) mass is 284 g/mol. The summed E-state index contributed by atoms with van der Waals surface area (Å²) in [6, 6.07) is 8.55. The van der Waals surface area contributed by atoms with Gasteiger partial charge in [0.15, 0.2) is 0 Å². The summed E-state index contributed by atoms with van der Waals surface area (Å²) < 4.78 is 0. The van der Waals surface area contributed by atoms with Gasteiger partial charge in [-0.2, -0.15) is 0 Å². The number of hydrogen-bond acceptors (Lipinski definition) is 1. The van der Waals surface area contributed by atoms with Gasteiger partial charge in [-0.1, -0.05) is 25.1 Å². The van der Waals surface area contributed by atoms with E-state index in [9.17, 15) is 4.79 Å². The van der Waals surface area contributed by atoms with Crippen LogP contribution in [0.1, 0.15) is 37.4 Å². The fourth-order valence-corrected chi connectivity index (χ4v) is 3.50. The van der Waals surface area contributed by atoms with Gasteiger partial charge in [0.1, 0.15) is 0 Å². The van der Waals surface area contributed by atoms with Gasteiger partial charge in [0.05, 0.1) is 0 Å². The lowest BCUT2D eigenvalue weighted by Crippen LogP contribution is -2.38. The predicted molar refractivity (Wildman–Crippen MR) is 86.3 cm³/mol. The molecular formula is C18H24N2O. The Labute approximate surface area is 126 Å². The van der Waals surface area contributed by atoms with E-state index in [-0.39, 0.29) is 0 Å². The number of aromatic nitrogens is 1. The lowest BCUT2D eigenvalue weighted by Gasteiger charge is -2.32. The summed E-state index contributed by atoms with van der Waals surface area (Å²) >= 11 is 0. The number of benzene rings is 1. The van der Waals surface area contributed by atoms with Gasteiger partial charge in [0.25, 0.3) is 0 Å². The predicted octanol–water partition coefficient (Wildman–Crippen LogP) is 3.67. The number of rotatable bonds is 3. The van der Waals surface area contributed by atoms with Crippen LogP contribution in [-0.2, 0) is 11.2 Å². The van der Waals surface area contributed by atoms with Crippen LogP contribution in [0.3, 0.4) is 0 Å². The zero-order chi connectivity index (χ0) is 14.8. The molecule has 1 N–H and O–H groups in total. The zero-order valence-electron chi connectivity index (χ0n) is 13.0. The van der Waals surface area contributed by atoms with E-state index in [0.717, 1.165) is 32.4 Å². The Balaban J connectivity index is 1.70. The molecule has 3 rings (SSSR count). The van der Waals surface area contributed by atoms with Crippen LogP contribution < -0.4 is 0 Å². The van der Waals surface area contributed by atoms with Crippen LogP contribution >= 0.6 is 0 Å². The molecule has 0 atom stereocenters. The standard InChI is InChI=1S/C18H24N2O/c1-3-18(21)20-10-8-14(9-11-20)12-16-13(2)19-17-7-5-4-6-15(16)17/h4-7,14,19H,3,8-12H2,1-2H3. The molecule has 2 heterocycles. The number of piperidine rings is 1. The Morgan fingerprint density at radius 1 is 1.29 bits per heavy atom. The van der Waals surface area contributed by atoms with Crippen LogP contribution in [0.15, 0.2) is 24.3 Å². The number of hydrogen-bond donors (Lipinski definition) is 1. The molecule has 2 aromatic rings. The minimum absolute atomic E-state index is 0.303. The van der Waals surface area contributed by atoms with E-state index < -0.39 is 0 Å². The van der Waals surface area contributed by atoms with E-state index in [1.807, 2.05) is 11.8 Å². The number of para-hydroxylation sites is 1. The lowest BCUT2D eigenvalue weighted by atomic mass is 9.89. The normalized spacial score (nSPS) is 16.6. The van der Waals surface area contributed by atoms with Crippen molar-refractivity contribution in [2.75, 3.05) is 13.1 Å². The van der Waals surface area contributed by atoms with Crippen molar-refractivity contribution in [2.45, 2.75) is 39.5 Å². The topological polar surface area (TPSA) is 36.1 Å². The van der Waals surface area contributed by atoms with Gasteiger partial charge in [-0.15, -0.1) is 0 Å². The third-order valence-electron chi connectivity index (χ3n) is 4.79. The number of nitrogens with zero attached hydrogens (tertiary/aromatic N) is 1. The quantitative estimate of drug-likeness (QED) is 0.917. The highest BCUT2D eigenvalue weighted by atomic mass is 16.2. The number of aromatic amines is 1. The molecule has 0 spiro atoms. The molecular weight excluding hydrogens is 260 g/mol. The minimum Gasteiger partial charge on any atom is -0.358 e. The number of H-pyrrole nitrogens is 1. The van der Waals surface area contributed by atoms with E-state index >= 15 is 0 Å². The summed E-state index contributed by atoms with van der Waals surface area (Å²) in [5.74, 6) is 1.00. The van der Waals surface area contributed by atoms with Crippen molar-refractivity contribution in [3.8, 4) is 0 Å². The van der Waals surface area contributed by atoms with E-state index in [0.29, 0.717) is 18.2 Å².